The Kier molecular flexibility index (Phi) is 32.9. The second-order valence-electron chi connectivity index (χ2n) is 14.6. The first-order valence-electron chi connectivity index (χ1n) is 19.9. The van der Waals surface area contributed by atoms with E-state index < -0.39 is 13.9 Å². The van der Waals surface area contributed by atoms with Crippen molar-refractivity contribution in [1.29, 1.82) is 0 Å². The lowest BCUT2D eigenvalue weighted by molar-refractivity contribution is -0.870. The third-order valence-electron chi connectivity index (χ3n) is 8.57. The Morgan fingerprint density at radius 1 is 0.625 bits per heavy atom. The predicted octanol–water partition coefficient (Wildman–Crippen LogP) is 10.5. The largest absolute Gasteiger partial charge is 0.756 e. The average Bonchev–Trinajstić information content (AvgIpc) is 3.03. The van der Waals surface area contributed by atoms with Gasteiger partial charge >= 0.3 is 5.97 Å². The molecule has 0 saturated carbocycles. The number of phosphoric ester groups is 1. The van der Waals surface area contributed by atoms with Gasteiger partial charge in [0.1, 0.15) is 19.3 Å². The van der Waals surface area contributed by atoms with Crippen LogP contribution in [-0.4, -0.2) is 70.7 Å². The Morgan fingerprint density at radius 3 is 1.58 bits per heavy atom. The minimum absolute atomic E-state index is 0.0283. The molecule has 0 bridgehead atoms. The van der Waals surface area contributed by atoms with Crippen molar-refractivity contribution in [1.82, 2.24) is 0 Å². The first kappa shape index (κ1) is 47.2. The van der Waals surface area contributed by atoms with E-state index in [-0.39, 0.29) is 25.8 Å². The van der Waals surface area contributed by atoms with Crippen molar-refractivity contribution in [3.8, 4) is 0 Å². The quantitative estimate of drug-likeness (QED) is 0.0209. The van der Waals surface area contributed by atoms with Gasteiger partial charge in [-0.3, -0.25) is 9.36 Å². The van der Waals surface area contributed by atoms with Crippen molar-refractivity contribution in [2.75, 3.05) is 54.1 Å². The van der Waals surface area contributed by atoms with Crippen molar-refractivity contribution in [3.05, 3.63) is 12.2 Å². The number of nitrogens with zero attached hydrogens (tertiary/aromatic N) is 1. The van der Waals surface area contributed by atoms with E-state index in [0.717, 1.165) is 32.1 Å². The summed E-state index contributed by atoms with van der Waals surface area (Å²) in [6.45, 7) is 5.38. The van der Waals surface area contributed by atoms with Crippen molar-refractivity contribution < 1.29 is 37.3 Å². The van der Waals surface area contributed by atoms with Crippen LogP contribution in [0.3, 0.4) is 0 Å². The molecule has 0 amide bonds. The molecule has 0 radical (unpaired) electrons. The molecule has 0 spiro atoms. The van der Waals surface area contributed by atoms with Gasteiger partial charge in [-0.25, -0.2) is 0 Å². The summed E-state index contributed by atoms with van der Waals surface area (Å²) in [6.07, 6.45) is 33.7. The Hall–Kier alpha value is -0.760. The molecule has 2 atom stereocenters. The van der Waals surface area contributed by atoms with Gasteiger partial charge < -0.3 is 27.9 Å². The topological polar surface area (TPSA) is 94.1 Å². The van der Waals surface area contributed by atoms with Crippen molar-refractivity contribution >= 4 is 13.8 Å². The fourth-order valence-corrected chi connectivity index (χ4v) is 6.15. The van der Waals surface area contributed by atoms with E-state index in [0.29, 0.717) is 24.1 Å². The van der Waals surface area contributed by atoms with Crippen LogP contribution in [0.15, 0.2) is 12.2 Å². The number of rotatable bonds is 37. The second kappa shape index (κ2) is 33.4. The molecule has 9 heteroatoms. The number of esters is 1. The Morgan fingerprint density at radius 2 is 1.08 bits per heavy atom. The van der Waals surface area contributed by atoms with Gasteiger partial charge in [-0.05, 0) is 38.5 Å². The molecular weight excluding hydrogens is 625 g/mol. The van der Waals surface area contributed by atoms with Crippen LogP contribution in [0.4, 0.5) is 0 Å². The zero-order valence-corrected chi connectivity index (χ0v) is 33.1. The van der Waals surface area contributed by atoms with Crippen LogP contribution in [0.25, 0.3) is 0 Å². The summed E-state index contributed by atoms with van der Waals surface area (Å²) >= 11 is 0. The predicted molar refractivity (Wildman–Crippen MR) is 199 cm³/mol. The molecule has 2 unspecified atom stereocenters. The Labute approximate surface area is 297 Å². The maximum Gasteiger partial charge on any atom is 0.306 e. The van der Waals surface area contributed by atoms with Crippen LogP contribution in [0.1, 0.15) is 174 Å². The van der Waals surface area contributed by atoms with Gasteiger partial charge in [-0.1, -0.05) is 142 Å². The number of carbonyl (C=O) groups is 1. The molecule has 0 aliphatic heterocycles. The smallest absolute Gasteiger partial charge is 0.306 e. The third kappa shape index (κ3) is 36.5. The van der Waals surface area contributed by atoms with Gasteiger partial charge in [-0.15, -0.1) is 0 Å². The van der Waals surface area contributed by atoms with Crippen LogP contribution >= 0.6 is 7.82 Å². The number of ether oxygens (including phenoxy) is 2. The van der Waals surface area contributed by atoms with Crippen LogP contribution < -0.4 is 4.89 Å². The summed E-state index contributed by atoms with van der Waals surface area (Å²) in [5.74, 6) is -0.337. The fourth-order valence-electron chi connectivity index (χ4n) is 5.42. The molecule has 48 heavy (non-hydrogen) atoms. The molecule has 0 aliphatic carbocycles. The number of carbonyl (C=O) groups excluding carboxylic acids is 1. The second-order valence-corrected chi connectivity index (χ2v) is 16.1. The fraction of sp³-hybridized carbons (Fsp3) is 0.923. The molecule has 0 aromatic heterocycles. The van der Waals surface area contributed by atoms with E-state index in [4.69, 9.17) is 18.5 Å². The number of phosphoric acid groups is 1. The zero-order valence-electron chi connectivity index (χ0n) is 32.2. The molecular formula is C39H78NO7P. The summed E-state index contributed by atoms with van der Waals surface area (Å²) < 4.78 is 34.3. The lowest BCUT2D eigenvalue weighted by atomic mass is 10.1. The Balaban J connectivity index is 4.12. The highest BCUT2D eigenvalue weighted by Gasteiger charge is 2.20. The zero-order chi connectivity index (χ0) is 35.6. The highest BCUT2D eigenvalue weighted by molar-refractivity contribution is 7.45. The van der Waals surface area contributed by atoms with Crippen molar-refractivity contribution in [2.45, 2.75) is 180 Å². The molecule has 0 aromatic rings. The maximum atomic E-state index is 12.6. The number of hydrogen-bond acceptors (Lipinski definition) is 7. The molecule has 0 N–H and O–H groups in total. The van der Waals surface area contributed by atoms with Crippen molar-refractivity contribution in [3.63, 3.8) is 0 Å². The van der Waals surface area contributed by atoms with E-state index in [1.807, 2.05) is 21.1 Å². The van der Waals surface area contributed by atoms with E-state index >= 15 is 0 Å². The van der Waals surface area contributed by atoms with Gasteiger partial charge in [0.15, 0.2) is 0 Å². The first-order valence-corrected chi connectivity index (χ1v) is 21.4. The third-order valence-corrected chi connectivity index (χ3v) is 9.53. The summed E-state index contributed by atoms with van der Waals surface area (Å²) in [4.78, 5) is 24.9. The van der Waals surface area contributed by atoms with Gasteiger partial charge in [0.2, 0.25) is 0 Å². The van der Waals surface area contributed by atoms with Gasteiger partial charge in [0.05, 0.1) is 34.4 Å². The minimum atomic E-state index is -4.51. The summed E-state index contributed by atoms with van der Waals surface area (Å²) in [5, 5.41) is 0. The molecule has 0 heterocycles. The monoisotopic (exact) mass is 704 g/mol. The average molecular weight is 704 g/mol. The molecule has 0 fully saturated rings. The Bertz CT molecular complexity index is 787. The maximum absolute atomic E-state index is 12.6. The van der Waals surface area contributed by atoms with Gasteiger partial charge in [-0.2, -0.15) is 0 Å². The highest BCUT2D eigenvalue weighted by Crippen LogP contribution is 2.38. The number of likely N-dealkylation sites (N-methyl/N-ethyl adjacent to an activating group) is 1. The molecule has 8 nitrogen and oxygen atoms in total. The number of allylic oxidation sites excluding steroid dienone is 2. The normalized spacial score (nSPS) is 14.0. The molecule has 0 aliphatic rings. The minimum Gasteiger partial charge on any atom is -0.756 e. The highest BCUT2D eigenvalue weighted by atomic mass is 31.2. The summed E-state index contributed by atoms with van der Waals surface area (Å²) in [7, 11) is 1.36. The molecule has 0 saturated heterocycles. The first-order chi connectivity index (χ1) is 23.1. The molecule has 286 valence electrons. The SMILES string of the molecule is CCCCCCCC/C=C\CCCCCCCCCCCC(=O)OC(COCCCCCCCCC)COP(=O)([O-])OCC[N+](C)(C)C. The lowest BCUT2D eigenvalue weighted by Crippen LogP contribution is -2.37. The van der Waals surface area contributed by atoms with Crippen LogP contribution in [0.5, 0.6) is 0 Å². The van der Waals surface area contributed by atoms with E-state index in [1.165, 1.54) is 122 Å². The summed E-state index contributed by atoms with van der Waals surface area (Å²) in [5.41, 5.74) is 0. The van der Waals surface area contributed by atoms with E-state index in [9.17, 15) is 14.3 Å². The van der Waals surface area contributed by atoms with E-state index in [1.54, 1.807) is 0 Å². The molecule has 0 aromatic carbocycles. The van der Waals surface area contributed by atoms with Crippen LogP contribution in [-0.2, 0) is 27.9 Å². The lowest BCUT2D eigenvalue weighted by Gasteiger charge is -2.28. The summed E-state index contributed by atoms with van der Waals surface area (Å²) in [6, 6.07) is 0. The van der Waals surface area contributed by atoms with Crippen LogP contribution in [0, 0.1) is 0 Å². The number of unbranched alkanes of at least 4 members (excludes halogenated alkanes) is 21. The number of hydrogen-bond donors (Lipinski definition) is 0. The van der Waals surface area contributed by atoms with Gasteiger partial charge in [0.25, 0.3) is 7.82 Å². The van der Waals surface area contributed by atoms with Crippen LogP contribution in [0.2, 0.25) is 0 Å². The van der Waals surface area contributed by atoms with E-state index in [2.05, 4.69) is 26.0 Å². The van der Waals surface area contributed by atoms with Gasteiger partial charge in [0, 0.05) is 13.0 Å². The standard InChI is InChI=1S/C39H78NO7P/c1-6-8-10-12-14-15-16-17-18-19-20-21-22-23-24-25-26-28-30-32-39(41)47-38(36-44-34-31-29-27-13-11-9-7-2)37-46-48(42,43)45-35-33-40(3,4)5/h17-18,38H,6-16,19-37H2,1-5H3/b18-17-. The molecule has 0 rings (SSSR count). The number of quaternary nitrogens is 1. The van der Waals surface area contributed by atoms with Crippen molar-refractivity contribution in [2.24, 2.45) is 0 Å².